The van der Waals surface area contributed by atoms with E-state index in [0.29, 0.717) is 18.9 Å². The molecule has 0 radical (unpaired) electrons. The molecule has 0 bridgehead atoms. The van der Waals surface area contributed by atoms with Crippen LogP contribution in [0.2, 0.25) is 0 Å². The number of carbonyl (C=O) groups excluding carboxylic acids is 1. The highest BCUT2D eigenvalue weighted by Gasteiger charge is 2.18. The molecule has 0 amide bonds. The summed E-state index contributed by atoms with van der Waals surface area (Å²) >= 11 is 0. The summed E-state index contributed by atoms with van der Waals surface area (Å²) in [4.78, 5) is 19.9. The maximum Gasteiger partial charge on any atom is 0.305 e. The highest BCUT2D eigenvalue weighted by Crippen LogP contribution is 2.22. The summed E-state index contributed by atoms with van der Waals surface area (Å²) in [5, 5.41) is 6.54. The van der Waals surface area contributed by atoms with E-state index >= 15 is 0 Å². The lowest BCUT2D eigenvalue weighted by molar-refractivity contribution is -0.140. The van der Waals surface area contributed by atoms with Gasteiger partial charge in [0.25, 0.3) is 0 Å². The van der Waals surface area contributed by atoms with E-state index in [9.17, 15) is 4.79 Å². The molecule has 0 spiro atoms. The van der Waals surface area contributed by atoms with Gasteiger partial charge in [0.05, 0.1) is 13.3 Å². The maximum atomic E-state index is 11.0. The minimum absolute atomic E-state index is 0.0500. The van der Waals surface area contributed by atoms with Crippen molar-refractivity contribution in [2.75, 3.05) is 20.2 Å². The third-order valence-corrected chi connectivity index (χ3v) is 3.84. The van der Waals surface area contributed by atoms with Crippen LogP contribution in [0, 0.1) is 0 Å². The van der Waals surface area contributed by atoms with Crippen LogP contribution in [0.25, 0.3) is 0 Å². The lowest BCUT2D eigenvalue weighted by Gasteiger charge is -2.13. The number of ether oxygens (including phenoxy) is 1. The first-order chi connectivity index (χ1) is 12.4. The Morgan fingerprint density at radius 1 is 1.23 bits per heavy atom. The third kappa shape index (κ3) is 8.87. The molecule has 1 rings (SSSR count). The van der Waals surface area contributed by atoms with Crippen molar-refractivity contribution >= 4 is 11.9 Å². The summed E-state index contributed by atoms with van der Waals surface area (Å²) in [5.74, 6) is 2.12. The SMILES string of the molecule is CCNC(=NCc1ncc(C(C)(C)C)o1)NCCCCCCC(=O)OC. The second-order valence-electron chi connectivity index (χ2n) is 7.23. The monoisotopic (exact) mass is 366 g/mol. The molecule has 0 aliphatic carbocycles. The van der Waals surface area contributed by atoms with Crippen LogP contribution in [0.15, 0.2) is 15.6 Å². The number of aliphatic imine (C=N–C) groups is 1. The highest BCUT2D eigenvalue weighted by atomic mass is 16.5. The Balaban J connectivity index is 2.33. The molecular weight excluding hydrogens is 332 g/mol. The molecule has 7 nitrogen and oxygen atoms in total. The summed E-state index contributed by atoms with van der Waals surface area (Å²) < 4.78 is 10.4. The molecule has 0 unspecified atom stereocenters. The fourth-order valence-electron chi connectivity index (χ4n) is 2.28. The number of nitrogens with zero attached hydrogens (tertiary/aromatic N) is 2. The molecule has 7 heteroatoms. The molecule has 0 atom stereocenters. The number of unbranched alkanes of at least 4 members (excludes halogenated alkanes) is 3. The van der Waals surface area contributed by atoms with E-state index in [-0.39, 0.29) is 11.4 Å². The Kier molecular flexibility index (Phi) is 9.76. The van der Waals surface area contributed by atoms with Gasteiger partial charge in [0.1, 0.15) is 12.3 Å². The van der Waals surface area contributed by atoms with E-state index in [0.717, 1.165) is 50.5 Å². The van der Waals surface area contributed by atoms with E-state index in [1.807, 2.05) is 6.92 Å². The Hall–Kier alpha value is -2.05. The van der Waals surface area contributed by atoms with Gasteiger partial charge in [0.2, 0.25) is 5.89 Å². The van der Waals surface area contributed by atoms with Crippen molar-refractivity contribution in [2.45, 2.75) is 71.8 Å². The van der Waals surface area contributed by atoms with Crippen LogP contribution >= 0.6 is 0 Å². The van der Waals surface area contributed by atoms with Crippen LogP contribution in [0.3, 0.4) is 0 Å². The summed E-state index contributed by atoms with van der Waals surface area (Å²) in [7, 11) is 1.43. The van der Waals surface area contributed by atoms with Crippen LogP contribution in [0.1, 0.15) is 71.5 Å². The fourth-order valence-corrected chi connectivity index (χ4v) is 2.28. The Labute approximate surface area is 157 Å². The van der Waals surface area contributed by atoms with Crippen molar-refractivity contribution in [3.63, 3.8) is 0 Å². The molecule has 148 valence electrons. The number of carbonyl (C=O) groups is 1. The van der Waals surface area contributed by atoms with Crippen molar-refractivity contribution in [3.05, 3.63) is 17.8 Å². The zero-order valence-electron chi connectivity index (χ0n) is 16.9. The number of guanidine groups is 1. The van der Waals surface area contributed by atoms with Gasteiger partial charge in [-0.15, -0.1) is 0 Å². The van der Waals surface area contributed by atoms with Gasteiger partial charge in [-0.3, -0.25) is 4.79 Å². The normalized spacial score (nSPS) is 12.1. The van der Waals surface area contributed by atoms with Gasteiger partial charge in [0.15, 0.2) is 5.96 Å². The topological polar surface area (TPSA) is 88.8 Å². The van der Waals surface area contributed by atoms with E-state index in [1.54, 1.807) is 6.20 Å². The quantitative estimate of drug-likeness (QED) is 0.286. The predicted octanol–water partition coefficient (Wildman–Crippen LogP) is 3.15. The average Bonchev–Trinajstić information content (AvgIpc) is 3.07. The van der Waals surface area contributed by atoms with Crippen molar-refractivity contribution in [3.8, 4) is 0 Å². The van der Waals surface area contributed by atoms with Gasteiger partial charge in [-0.05, 0) is 19.8 Å². The fraction of sp³-hybridized carbons (Fsp3) is 0.737. The smallest absolute Gasteiger partial charge is 0.305 e. The molecule has 1 aromatic heterocycles. The molecule has 2 N–H and O–H groups in total. The standard InChI is InChI=1S/C19H34N4O3/c1-6-20-18(21-12-10-8-7-9-11-17(24)25-5)23-14-16-22-13-15(26-16)19(2,3)4/h13H,6-12,14H2,1-5H3,(H2,20,21,23). The van der Waals surface area contributed by atoms with Gasteiger partial charge >= 0.3 is 5.97 Å². The largest absolute Gasteiger partial charge is 0.469 e. The number of aromatic nitrogens is 1. The number of nitrogens with one attached hydrogen (secondary N) is 2. The first-order valence-electron chi connectivity index (χ1n) is 9.41. The molecule has 0 fully saturated rings. The van der Waals surface area contributed by atoms with Gasteiger partial charge in [0, 0.05) is 24.9 Å². The van der Waals surface area contributed by atoms with Crippen molar-refractivity contribution < 1.29 is 13.9 Å². The Morgan fingerprint density at radius 2 is 1.96 bits per heavy atom. The van der Waals surface area contributed by atoms with Crippen LogP contribution in [0.5, 0.6) is 0 Å². The lowest BCUT2D eigenvalue weighted by atomic mass is 9.94. The van der Waals surface area contributed by atoms with Crippen LogP contribution in [-0.4, -0.2) is 37.1 Å². The number of esters is 1. The zero-order chi connectivity index (χ0) is 19.4. The zero-order valence-corrected chi connectivity index (χ0v) is 16.9. The maximum absolute atomic E-state index is 11.0. The molecule has 26 heavy (non-hydrogen) atoms. The summed E-state index contributed by atoms with van der Waals surface area (Å²) in [6, 6.07) is 0. The number of hydrogen-bond acceptors (Lipinski definition) is 5. The van der Waals surface area contributed by atoms with Crippen LogP contribution < -0.4 is 10.6 Å². The number of hydrogen-bond donors (Lipinski definition) is 2. The van der Waals surface area contributed by atoms with Crippen LogP contribution in [0.4, 0.5) is 0 Å². The highest BCUT2D eigenvalue weighted by molar-refractivity contribution is 5.79. The molecule has 1 heterocycles. The predicted molar refractivity (Wildman–Crippen MR) is 103 cm³/mol. The van der Waals surface area contributed by atoms with Crippen molar-refractivity contribution in [1.29, 1.82) is 0 Å². The summed E-state index contributed by atoms with van der Waals surface area (Å²) in [6.07, 6.45) is 6.27. The van der Waals surface area contributed by atoms with Gasteiger partial charge in [-0.1, -0.05) is 33.6 Å². The van der Waals surface area contributed by atoms with Crippen molar-refractivity contribution in [2.24, 2.45) is 4.99 Å². The third-order valence-electron chi connectivity index (χ3n) is 3.84. The lowest BCUT2D eigenvalue weighted by Crippen LogP contribution is -2.37. The Bertz CT molecular complexity index is 561. The number of oxazole rings is 1. The molecule has 0 saturated carbocycles. The molecule has 0 aromatic carbocycles. The molecule has 0 aliphatic heterocycles. The second kappa shape index (κ2) is 11.5. The van der Waals surface area contributed by atoms with Crippen LogP contribution in [-0.2, 0) is 21.5 Å². The summed E-state index contributed by atoms with van der Waals surface area (Å²) in [6.45, 7) is 10.4. The van der Waals surface area contributed by atoms with Gasteiger partial charge in [-0.25, -0.2) is 9.98 Å². The van der Waals surface area contributed by atoms with E-state index in [1.165, 1.54) is 7.11 Å². The second-order valence-corrected chi connectivity index (χ2v) is 7.23. The van der Waals surface area contributed by atoms with Crippen molar-refractivity contribution in [1.82, 2.24) is 15.6 Å². The first kappa shape index (κ1) is 22.0. The minimum atomic E-state index is -0.133. The van der Waals surface area contributed by atoms with E-state index in [4.69, 9.17) is 4.42 Å². The molecule has 0 aliphatic rings. The number of methoxy groups -OCH3 is 1. The molecule has 1 aromatic rings. The minimum Gasteiger partial charge on any atom is -0.469 e. The molecular formula is C19H34N4O3. The van der Waals surface area contributed by atoms with E-state index in [2.05, 4.69) is 46.1 Å². The Morgan fingerprint density at radius 3 is 2.58 bits per heavy atom. The molecule has 0 saturated heterocycles. The number of rotatable bonds is 10. The van der Waals surface area contributed by atoms with E-state index < -0.39 is 0 Å². The first-order valence-corrected chi connectivity index (χ1v) is 9.41. The van der Waals surface area contributed by atoms with Gasteiger partial charge in [-0.2, -0.15) is 0 Å². The van der Waals surface area contributed by atoms with Gasteiger partial charge < -0.3 is 19.8 Å². The summed E-state index contributed by atoms with van der Waals surface area (Å²) in [5.41, 5.74) is -0.0500. The average molecular weight is 367 g/mol.